The second-order valence-corrected chi connectivity index (χ2v) is 1.54. The molecular formula is H7CaKNaO4P. The summed E-state index contributed by atoms with van der Waals surface area (Å²) in [6.07, 6.45) is 0. The molecule has 0 heterocycles. The summed E-state index contributed by atoms with van der Waals surface area (Å²) in [4.78, 5) is 21.6. The summed E-state index contributed by atoms with van der Waals surface area (Å²) in [5, 5.41) is 0. The molecule has 0 unspecified atom stereocenters. The molecule has 8 heavy (non-hydrogen) atoms. The minimum Gasteiger partial charge on any atom is -1.00 e. The van der Waals surface area contributed by atoms with Gasteiger partial charge in [0.15, 0.2) is 0 Å². The third kappa shape index (κ3) is 50.6. The van der Waals surface area contributed by atoms with Gasteiger partial charge in [-0.3, -0.25) is 0 Å². The Morgan fingerprint density at radius 3 is 1.25 bits per heavy atom. The van der Waals surface area contributed by atoms with Crippen LogP contribution in [-0.2, 0) is 4.57 Å². The van der Waals surface area contributed by atoms with Gasteiger partial charge in [0.2, 0.25) is 0 Å². The van der Waals surface area contributed by atoms with Gasteiger partial charge in [0.25, 0.3) is 0 Å². The minimum atomic E-state index is -4.64. The van der Waals surface area contributed by atoms with E-state index in [0.717, 1.165) is 0 Å². The molecule has 0 spiro atoms. The van der Waals surface area contributed by atoms with Crippen LogP contribution in [0.25, 0.3) is 0 Å². The average molecular weight is 204 g/mol. The van der Waals surface area contributed by atoms with E-state index in [2.05, 4.69) is 0 Å². The summed E-state index contributed by atoms with van der Waals surface area (Å²) >= 11 is 0. The van der Waals surface area contributed by atoms with Gasteiger partial charge in [-0.05, 0) is 0 Å². The predicted molar refractivity (Wildman–Crippen MR) is 24.5 cm³/mol. The van der Waals surface area contributed by atoms with E-state index in [0.29, 0.717) is 0 Å². The summed E-state index contributed by atoms with van der Waals surface area (Å²) in [6.45, 7) is 0. The molecule has 3 N–H and O–H groups in total. The molecule has 0 atom stereocenters. The summed E-state index contributed by atoms with van der Waals surface area (Å²) in [5.74, 6) is 0. The SMILES string of the molecule is O=P(O)(O)O.[Ca+2].[H-].[H-].[H-].[H-].[K+].[Na+]. The first kappa shape index (κ1) is 22.7. The van der Waals surface area contributed by atoms with Crippen LogP contribution < -0.4 is 80.9 Å². The van der Waals surface area contributed by atoms with Gasteiger partial charge in [0.05, 0.1) is 0 Å². The largest absolute Gasteiger partial charge is 2.00 e. The fourth-order valence-corrected chi connectivity index (χ4v) is 0. The van der Waals surface area contributed by atoms with E-state index in [9.17, 15) is 0 Å². The van der Waals surface area contributed by atoms with Crippen molar-refractivity contribution in [3.8, 4) is 0 Å². The zero-order chi connectivity index (χ0) is 4.50. The molecule has 0 saturated carbocycles. The molecule has 0 aliphatic rings. The van der Waals surface area contributed by atoms with E-state index in [1.807, 2.05) is 0 Å². The summed E-state index contributed by atoms with van der Waals surface area (Å²) in [7, 11) is -4.64. The topological polar surface area (TPSA) is 77.8 Å². The fraction of sp³-hybridized carbons (Fsp3) is 0. The van der Waals surface area contributed by atoms with Crippen LogP contribution in [0, 0.1) is 0 Å². The monoisotopic (exact) mass is 204 g/mol. The fourth-order valence-electron chi connectivity index (χ4n) is 0. The van der Waals surface area contributed by atoms with Crippen molar-refractivity contribution < 1.29 is 106 Å². The molecule has 40 valence electrons. The molecule has 0 aromatic rings. The van der Waals surface area contributed by atoms with E-state index in [1.165, 1.54) is 0 Å². The number of hydrogen-bond donors (Lipinski definition) is 3. The first-order chi connectivity index (χ1) is 2.00. The van der Waals surface area contributed by atoms with E-state index in [-0.39, 0.29) is 124 Å². The molecule has 0 aromatic carbocycles. The molecule has 4 nitrogen and oxygen atoms in total. The van der Waals surface area contributed by atoms with E-state index in [4.69, 9.17) is 19.2 Å². The van der Waals surface area contributed by atoms with Gasteiger partial charge in [0, 0.05) is 0 Å². The minimum absolute atomic E-state index is 0. The molecule has 8 heteroatoms. The van der Waals surface area contributed by atoms with Crippen LogP contribution in [-0.4, -0.2) is 52.4 Å². The van der Waals surface area contributed by atoms with Crippen molar-refractivity contribution in [1.29, 1.82) is 0 Å². The van der Waals surface area contributed by atoms with Gasteiger partial charge in [-0.25, -0.2) is 4.57 Å². The van der Waals surface area contributed by atoms with Gasteiger partial charge < -0.3 is 20.4 Å². The predicted octanol–water partition coefficient (Wildman–Crippen LogP) is -6.85. The van der Waals surface area contributed by atoms with Gasteiger partial charge >= 0.3 is 127 Å². The van der Waals surface area contributed by atoms with Crippen molar-refractivity contribution in [2.75, 3.05) is 0 Å². The van der Waals surface area contributed by atoms with Gasteiger partial charge in [-0.1, -0.05) is 0 Å². The molecule has 0 aliphatic carbocycles. The quantitative estimate of drug-likeness (QED) is 0.271. The first-order valence-electron chi connectivity index (χ1n) is 0.783. The van der Waals surface area contributed by atoms with Gasteiger partial charge in [-0.15, -0.1) is 0 Å². The zero-order valence-electron chi connectivity index (χ0n) is 8.90. The zero-order valence-corrected chi connectivity index (χ0v) is 13.1. The molecule has 0 aromatic heterocycles. The third-order valence-electron chi connectivity index (χ3n) is 0. The molecule has 0 rings (SSSR count). The molecule has 0 fully saturated rings. The Balaban J connectivity index is -0.00000000381. The number of phosphoric acid groups is 1. The normalized spacial score (nSPS) is 7.38. The van der Waals surface area contributed by atoms with Crippen LogP contribution in [0.1, 0.15) is 5.71 Å². The average Bonchev–Trinajstić information content (AvgIpc) is 0.722. The standard InChI is InChI=1S/Ca.K.Na.H3O4P.4H/c;;;1-5(2,3)4;;;;/h;;;(H3,1,2,3,4);;;;/q+2;2*+1;;4*-1. The van der Waals surface area contributed by atoms with Crippen LogP contribution in [0.4, 0.5) is 0 Å². The number of hydrogen-bond acceptors (Lipinski definition) is 1. The van der Waals surface area contributed by atoms with E-state index in [1.54, 1.807) is 0 Å². The van der Waals surface area contributed by atoms with Gasteiger partial charge in [-0.2, -0.15) is 0 Å². The Hall–Kier alpha value is 4.01. The van der Waals surface area contributed by atoms with Crippen molar-refractivity contribution in [1.82, 2.24) is 0 Å². The van der Waals surface area contributed by atoms with Crippen molar-refractivity contribution in [2.24, 2.45) is 0 Å². The van der Waals surface area contributed by atoms with Crippen LogP contribution in [0.3, 0.4) is 0 Å². The van der Waals surface area contributed by atoms with Crippen molar-refractivity contribution in [2.45, 2.75) is 0 Å². The second-order valence-electron chi connectivity index (χ2n) is 0.513. The maximum Gasteiger partial charge on any atom is 2.00 e. The molecule has 0 saturated heterocycles. The third-order valence-corrected chi connectivity index (χ3v) is 0. The maximum absolute atomic E-state index is 8.88. The molecule has 0 aliphatic heterocycles. The van der Waals surface area contributed by atoms with Crippen LogP contribution in [0.15, 0.2) is 0 Å². The van der Waals surface area contributed by atoms with Crippen LogP contribution >= 0.6 is 7.82 Å². The van der Waals surface area contributed by atoms with Crippen LogP contribution in [0.5, 0.6) is 0 Å². The summed E-state index contributed by atoms with van der Waals surface area (Å²) < 4.78 is 8.88. The summed E-state index contributed by atoms with van der Waals surface area (Å²) in [5.41, 5.74) is 0. The Kier molecular flexibility index (Phi) is 31.2. The molecule has 0 amide bonds. The second kappa shape index (κ2) is 11.0. The Morgan fingerprint density at radius 1 is 1.25 bits per heavy atom. The van der Waals surface area contributed by atoms with Crippen molar-refractivity contribution >= 4 is 45.6 Å². The maximum atomic E-state index is 8.88. The first-order valence-corrected chi connectivity index (χ1v) is 2.35. The smallest absolute Gasteiger partial charge is 1.00 e. The van der Waals surface area contributed by atoms with Gasteiger partial charge in [0.1, 0.15) is 0 Å². The van der Waals surface area contributed by atoms with E-state index >= 15 is 0 Å². The van der Waals surface area contributed by atoms with Crippen molar-refractivity contribution in [3.63, 3.8) is 0 Å². The van der Waals surface area contributed by atoms with Crippen LogP contribution in [0.2, 0.25) is 0 Å². The summed E-state index contributed by atoms with van der Waals surface area (Å²) in [6, 6.07) is 0. The number of rotatable bonds is 0. The van der Waals surface area contributed by atoms with E-state index < -0.39 is 7.82 Å². The Bertz CT molecular complexity index is 73.2. The molecule has 0 bridgehead atoms. The molecule has 0 radical (unpaired) electrons. The molecular weight excluding hydrogens is 197 g/mol. The Morgan fingerprint density at radius 2 is 1.25 bits per heavy atom. The van der Waals surface area contributed by atoms with Crippen molar-refractivity contribution in [3.05, 3.63) is 0 Å². The Labute approximate surface area is 148 Å².